The molecule has 0 heterocycles. The molecule has 0 spiro atoms. The summed E-state index contributed by atoms with van der Waals surface area (Å²) in [6.45, 7) is 2.01. The Morgan fingerprint density at radius 2 is 1.86 bits per heavy atom. The van der Waals surface area contributed by atoms with Gasteiger partial charge in [-0.25, -0.2) is 4.39 Å². The van der Waals surface area contributed by atoms with E-state index in [0.717, 1.165) is 24.8 Å². The third kappa shape index (κ3) is 1.55. The Morgan fingerprint density at radius 1 is 1.29 bits per heavy atom. The second-order valence-electron chi connectivity index (χ2n) is 4.23. The molecule has 1 aromatic rings. The van der Waals surface area contributed by atoms with E-state index in [2.05, 4.69) is 0 Å². The predicted molar refractivity (Wildman–Crippen MR) is 53.6 cm³/mol. The lowest BCUT2D eigenvalue weighted by atomic mass is 9.69. The lowest BCUT2D eigenvalue weighted by Crippen LogP contribution is -2.41. The molecule has 2 heteroatoms. The minimum Gasteiger partial charge on any atom is -0.389 e. The SMILES string of the molecule is C[C@@H](c1ccc(F)cc1)C1(O)CCC1. The number of hydrogen-bond donors (Lipinski definition) is 1. The summed E-state index contributed by atoms with van der Waals surface area (Å²) in [7, 11) is 0. The van der Waals surface area contributed by atoms with Crippen molar-refractivity contribution in [3.8, 4) is 0 Å². The molecule has 0 saturated heterocycles. The number of hydrogen-bond acceptors (Lipinski definition) is 1. The monoisotopic (exact) mass is 194 g/mol. The zero-order chi connectivity index (χ0) is 10.2. The molecule has 0 bridgehead atoms. The van der Waals surface area contributed by atoms with E-state index in [4.69, 9.17) is 0 Å². The molecule has 0 amide bonds. The lowest BCUT2D eigenvalue weighted by molar-refractivity contribution is -0.0527. The van der Waals surface area contributed by atoms with E-state index >= 15 is 0 Å². The molecule has 1 nitrogen and oxygen atoms in total. The van der Waals surface area contributed by atoms with Crippen LogP contribution in [0, 0.1) is 5.82 Å². The fourth-order valence-corrected chi connectivity index (χ4v) is 2.03. The minimum atomic E-state index is -0.544. The second kappa shape index (κ2) is 3.35. The van der Waals surface area contributed by atoms with Gasteiger partial charge < -0.3 is 5.11 Å². The Labute approximate surface area is 83.6 Å². The van der Waals surface area contributed by atoms with E-state index in [9.17, 15) is 9.50 Å². The van der Waals surface area contributed by atoms with Crippen LogP contribution in [0.2, 0.25) is 0 Å². The molecule has 0 aromatic heterocycles. The highest BCUT2D eigenvalue weighted by molar-refractivity contribution is 5.23. The molecule has 0 aliphatic heterocycles. The Kier molecular flexibility index (Phi) is 2.31. The van der Waals surface area contributed by atoms with Gasteiger partial charge in [0.05, 0.1) is 5.60 Å². The van der Waals surface area contributed by atoms with E-state index in [1.807, 2.05) is 6.92 Å². The quantitative estimate of drug-likeness (QED) is 0.767. The highest BCUT2D eigenvalue weighted by Crippen LogP contribution is 2.42. The fraction of sp³-hybridized carbons (Fsp3) is 0.500. The van der Waals surface area contributed by atoms with Crippen molar-refractivity contribution < 1.29 is 9.50 Å². The summed E-state index contributed by atoms with van der Waals surface area (Å²) in [5.41, 5.74) is 0.478. The Balaban J connectivity index is 2.18. The van der Waals surface area contributed by atoms with Crippen LogP contribution in [0.5, 0.6) is 0 Å². The largest absolute Gasteiger partial charge is 0.389 e. The minimum absolute atomic E-state index is 0.108. The highest BCUT2D eigenvalue weighted by Gasteiger charge is 2.40. The molecule has 1 N–H and O–H groups in total. The van der Waals surface area contributed by atoms with Gasteiger partial charge in [0.2, 0.25) is 0 Å². The Hall–Kier alpha value is -0.890. The number of rotatable bonds is 2. The van der Waals surface area contributed by atoms with Gasteiger partial charge in [0, 0.05) is 5.92 Å². The molecule has 1 aliphatic rings. The Morgan fingerprint density at radius 3 is 2.29 bits per heavy atom. The molecule has 1 fully saturated rings. The maximum atomic E-state index is 12.7. The predicted octanol–water partition coefficient (Wildman–Crippen LogP) is 2.84. The zero-order valence-corrected chi connectivity index (χ0v) is 8.33. The first-order chi connectivity index (χ1) is 6.62. The molecule has 0 unspecified atom stereocenters. The molecule has 1 aliphatic carbocycles. The average Bonchev–Trinajstić information content (AvgIpc) is 2.14. The van der Waals surface area contributed by atoms with Crippen LogP contribution in [-0.2, 0) is 0 Å². The van der Waals surface area contributed by atoms with Crippen LogP contribution < -0.4 is 0 Å². The van der Waals surface area contributed by atoms with Crippen molar-refractivity contribution in [3.63, 3.8) is 0 Å². The van der Waals surface area contributed by atoms with Crippen molar-refractivity contribution in [2.45, 2.75) is 37.7 Å². The van der Waals surface area contributed by atoms with Crippen molar-refractivity contribution >= 4 is 0 Å². The van der Waals surface area contributed by atoms with Crippen molar-refractivity contribution in [2.24, 2.45) is 0 Å². The summed E-state index contributed by atoms with van der Waals surface area (Å²) in [6, 6.07) is 6.42. The molecule has 2 rings (SSSR count). The van der Waals surface area contributed by atoms with Crippen LogP contribution in [0.3, 0.4) is 0 Å². The number of aliphatic hydroxyl groups is 1. The van der Waals surface area contributed by atoms with Crippen molar-refractivity contribution in [1.29, 1.82) is 0 Å². The first-order valence-electron chi connectivity index (χ1n) is 5.10. The maximum absolute atomic E-state index is 12.7. The van der Waals surface area contributed by atoms with Crippen molar-refractivity contribution in [2.75, 3.05) is 0 Å². The summed E-state index contributed by atoms with van der Waals surface area (Å²) in [6.07, 6.45) is 2.83. The molecule has 76 valence electrons. The summed E-state index contributed by atoms with van der Waals surface area (Å²) < 4.78 is 12.7. The summed E-state index contributed by atoms with van der Waals surface area (Å²) in [4.78, 5) is 0. The summed E-state index contributed by atoms with van der Waals surface area (Å²) in [5.74, 6) is -0.113. The smallest absolute Gasteiger partial charge is 0.123 e. The molecule has 1 atom stereocenters. The molecule has 0 radical (unpaired) electrons. The zero-order valence-electron chi connectivity index (χ0n) is 8.33. The van der Waals surface area contributed by atoms with E-state index in [1.54, 1.807) is 12.1 Å². The normalized spacial score (nSPS) is 21.4. The van der Waals surface area contributed by atoms with Gasteiger partial charge in [-0.3, -0.25) is 0 Å². The van der Waals surface area contributed by atoms with Gasteiger partial charge in [-0.2, -0.15) is 0 Å². The standard InChI is InChI=1S/C12H15FO/c1-9(12(14)7-2-8-12)10-3-5-11(13)6-4-10/h3-6,9,14H,2,7-8H2,1H3/t9-/m0/s1. The second-order valence-corrected chi connectivity index (χ2v) is 4.23. The molecular formula is C12H15FO. The van der Waals surface area contributed by atoms with Crippen LogP contribution in [0.4, 0.5) is 4.39 Å². The lowest BCUT2D eigenvalue weighted by Gasteiger charge is -2.42. The van der Waals surface area contributed by atoms with Gasteiger partial charge in [-0.15, -0.1) is 0 Å². The van der Waals surface area contributed by atoms with E-state index in [1.165, 1.54) is 12.1 Å². The molecule has 1 aromatic carbocycles. The van der Waals surface area contributed by atoms with Crippen molar-refractivity contribution in [1.82, 2.24) is 0 Å². The van der Waals surface area contributed by atoms with Gasteiger partial charge >= 0.3 is 0 Å². The van der Waals surface area contributed by atoms with Gasteiger partial charge in [-0.05, 0) is 37.0 Å². The van der Waals surface area contributed by atoms with Crippen LogP contribution in [-0.4, -0.2) is 10.7 Å². The van der Waals surface area contributed by atoms with Gasteiger partial charge in [-0.1, -0.05) is 19.1 Å². The van der Waals surface area contributed by atoms with Gasteiger partial charge in [0.25, 0.3) is 0 Å². The van der Waals surface area contributed by atoms with Crippen LogP contribution in [0.25, 0.3) is 0 Å². The van der Waals surface area contributed by atoms with Crippen molar-refractivity contribution in [3.05, 3.63) is 35.6 Å². The van der Waals surface area contributed by atoms with E-state index < -0.39 is 5.60 Å². The van der Waals surface area contributed by atoms with Gasteiger partial charge in [0.15, 0.2) is 0 Å². The van der Waals surface area contributed by atoms with Crippen LogP contribution in [0.15, 0.2) is 24.3 Å². The summed E-state index contributed by atoms with van der Waals surface area (Å²) in [5, 5.41) is 10.1. The number of benzene rings is 1. The first kappa shape index (κ1) is 9.66. The summed E-state index contributed by atoms with van der Waals surface area (Å²) >= 11 is 0. The third-order valence-corrected chi connectivity index (χ3v) is 3.40. The van der Waals surface area contributed by atoms with E-state index in [-0.39, 0.29) is 11.7 Å². The third-order valence-electron chi connectivity index (χ3n) is 3.40. The van der Waals surface area contributed by atoms with Crippen LogP contribution >= 0.6 is 0 Å². The highest BCUT2D eigenvalue weighted by atomic mass is 19.1. The fourth-order valence-electron chi connectivity index (χ4n) is 2.03. The number of halogens is 1. The van der Waals surface area contributed by atoms with E-state index in [0.29, 0.717) is 0 Å². The topological polar surface area (TPSA) is 20.2 Å². The van der Waals surface area contributed by atoms with Gasteiger partial charge in [0.1, 0.15) is 5.82 Å². The van der Waals surface area contributed by atoms with Crippen LogP contribution in [0.1, 0.15) is 37.7 Å². The molecule has 1 saturated carbocycles. The Bertz CT molecular complexity index is 314. The average molecular weight is 194 g/mol. The molecule has 14 heavy (non-hydrogen) atoms. The first-order valence-corrected chi connectivity index (χ1v) is 5.10. The molecular weight excluding hydrogens is 179 g/mol. The maximum Gasteiger partial charge on any atom is 0.123 e.